The Morgan fingerprint density at radius 3 is 2.93 bits per heavy atom. The van der Waals surface area contributed by atoms with Gasteiger partial charge in [-0.3, -0.25) is 4.40 Å². The van der Waals surface area contributed by atoms with Crippen LogP contribution in [0, 0.1) is 12.8 Å². The molecule has 0 bridgehead atoms. The van der Waals surface area contributed by atoms with E-state index in [1.165, 1.54) is 0 Å². The fourth-order valence-corrected chi connectivity index (χ4v) is 6.33. The molecule has 9 heteroatoms. The first kappa shape index (κ1) is 18.7. The van der Waals surface area contributed by atoms with Gasteiger partial charge in [-0.15, -0.1) is 10.2 Å². The van der Waals surface area contributed by atoms with Gasteiger partial charge in [0.2, 0.25) is 0 Å². The van der Waals surface area contributed by atoms with E-state index in [9.17, 15) is 8.42 Å². The van der Waals surface area contributed by atoms with E-state index in [-0.39, 0.29) is 17.6 Å². The summed E-state index contributed by atoms with van der Waals surface area (Å²) in [6.07, 6.45) is 6.14. The minimum Gasteiger partial charge on any atom is -0.345 e. The number of rotatable bonds is 4. The third-order valence-corrected chi connectivity index (χ3v) is 8.59. The van der Waals surface area contributed by atoms with Crippen LogP contribution in [0.25, 0.3) is 16.8 Å². The summed E-state index contributed by atoms with van der Waals surface area (Å²) in [4.78, 5) is 7.87. The van der Waals surface area contributed by atoms with E-state index in [4.69, 9.17) is 0 Å². The zero-order chi connectivity index (χ0) is 20.2. The summed E-state index contributed by atoms with van der Waals surface area (Å²) in [6, 6.07) is 7.20. The molecule has 0 radical (unpaired) electrons. The fraction of sp³-hybridized carbons (Fsp3) is 0.350. The van der Waals surface area contributed by atoms with E-state index in [1.807, 2.05) is 23.6 Å². The van der Waals surface area contributed by atoms with E-state index >= 15 is 0 Å². The Labute approximate surface area is 176 Å². The molecular formula is C20H20BrN5O2S. The lowest BCUT2D eigenvalue weighted by Gasteiger charge is -2.12. The van der Waals surface area contributed by atoms with Crippen molar-refractivity contribution >= 4 is 42.6 Å². The van der Waals surface area contributed by atoms with Crippen LogP contribution >= 0.6 is 15.9 Å². The topological polar surface area (TPSA) is 93.0 Å². The number of nitrogens with one attached hydrogen (secondary N) is 1. The average Bonchev–Trinajstić information content (AvgIpc) is 3.40. The van der Waals surface area contributed by atoms with Crippen LogP contribution in [0.2, 0.25) is 0 Å². The molecule has 29 heavy (non-hydrogen) atoms. The molecule has 0 unspecified atom stereocenters. The van der Waals surface area contributed by atoms with Gasteiger partial charge in [-0.05, 0) is 61.9 Å². The van der Waals surface area contributed by atoms with Crippen molar-refractivity contribution in [1.29, 1.82) is 0 Å². The number of aryl methyl sites for hydroxylation is 1. The highest BCUT2D eigenvalue weighted by Gasteiger charge is 2.33. The van der Waals surface area contributed by atoms with Crippen molar-refractivity contribution in [3.05, 3.63) is 52.5 Å². The summed E-state index contributed by atoms with van der Waals surface area (Å²) in [5.74, 6) is 1.37. The second kappa shape index (κ2) is 6.91. The minimum absolute atomic E-state index is 0.116. The normalized spacial score (nSPS) is 20.1. The maximum atomic E-state index is 12.9. The molecular weight excluding hydrogens is 454 g/mol. The highest BCUT2D eigenvalue weighted by Crippen LogP contribution is 2.39. The molecule has 0 aliphatic heterocycles. The predicted octanol–water partition coefficient (Wildman–Crippen LogP) is 4.03. The molecule has 5 rings (SSSR count). The van der Waals surface area contributed by atoms with Crippen LogP contribution < -0.4 is 0 Å². The number of fused-ring (bicyclic) bond motifs is 3. The molecule has 4 aromatic rings. The fourth-order valence-electron chi connectivity index (χ4n) is 4.34. The largest absolute Gasteiger partial charge is 0.345 e. The molecule has 1 aliphatic carbocycles. The SMILES string of the molecule is Cc1cc(S(=O)(=O)C[C@H]2CC[C@@H](c3nnc4cnc5[nH]ccc5n34)C2)ccc1Br. The lowest BCUT2D eigenvalue weighted by Crippen LogP contribution is -2.15. The first-order valence-electron chi connectivity index (χ1n) is 9.58. The van der Waals surface area contributed by atoms with Crippen LogP contribution in [0.15, 0.2) is 46.0 Å². The minimum atomic E-state index is -3.32. The monoisotopic (exact) mass is 473 g/mol. The summed E-state index contributed by atoms with van der Waals surface area (Å²) >= 11 is 3.43. The van der Waals surface area contributed by atoms with Crippen molar-refractivity contribution in [2.75, 3.05) is 5.75 Å². The predicted molar refractivity (Wildman–Crippen MR) is 114 cm³/mol. The molecule has 1 aliphatic rings. The molecule has 0 amide bonds. The summed E-state index contributed by atoms with van der Waals surface area (Å²) in [5, 5.41) is 8.69. The number of hydrogen-bond acceptors (Lipinski definition) is 5. The van der Waals surface area contributed by atoms with Gasteiger partial charge in [0.05, 0.1) is 22.4 Å². The first-order valence-corrected chi connectivity index (χ1v) is 12.0. The lowest BCUT2D eigenvalue weighted by molar-refractivity contribution is 0.549. The second-order valence-electron chi connectivity index (χ2n) is 7.79. The first-order chi connectivity index (χ1) is 13.9. The van der Waals surface area contributed by atoms with Gasteiger partial charge in [-0.1, -0.05) is 15.9 Å². The number of aromatic amines is 1. The molecule has 1 aromatic carbocycles. The summed E-state index contributed by atoms with van der Waals surface area (Å²) < 4.78 is 28.8. The standard InChI is InChI=1S/C20H20BrN5O2S/c1-12-8-15(4-5-16(12)21)29(27,28)11-13-2-3-14(9-13)20-25-24-18-10-23-19-17(26(18)20)6-7-22-19/h4-8,10,13-14,22H,2-3,9,11H2,1H3/t13-,14+/m0/s1. The Balaban J connectivity index is 1.40. The van der Waals surface area contributed by atoms with Gasteiger partial charge < -0.3 is 4.98 Å². The molecule has 1 N–H and O–H groups in total. The summed E-state index contributed by atoms with van der Waals surface area (Å²) in [7, 11) is -3.32. The maximum Gasteiger partial charge on any atom is 0.179 e. The quantitative estimate of drug-likeness (QED) is 0.482. The van der Waals surface area contributed by atoms with E-state index in [0.717, 1.165) is 46.3 Å². The molecule has 3 aromatic heterocycles. The number of nitrogens with zero attached hydrogens (tertiary/aromatic N) is 4. The second-order valence-corrected chi connectivity index (χ2v) is 10.7. The molecule has 2 atom stereocenters. The number of benzene rings is 1. The van der Waals surface area contributed by atoms with Crippen molar-refractivity contribution in [2.45, 2.75) is 37.0 Å². The number of hydrogen-bond donors (Lipinski definition) is 1. The Morgan fingerprint density at radius 1 is 1.24 bits per heavy atom. The van der Waals surface area contributed by atoms with Crippen molar-refractivity contribution < 1.29 is 8.42 Å². The highest BCUT2D eigenvalue weighted by atomic mass is 79.9. The molecule has 7 nitrogen and oxygen atoms in total. The lowest BCUT2D eigenvalue weighted by atomic mass is 10.1. The average molecular weight is 474 g/mol. The van der Waals surface area contributed by atoms with Crippen molar-refractivity contribution in [1.82, 2.24) is 24.6 Å². The van der Waals surface area contributed by atoms with Gasteiger partial charge in [0.25, 0.3) is 0 Å². The van der Waals surface area contributed by atoms with Gasteiger partial charge in [-0.2, -0.15) is 0 Å². The van der Waals surface area contributed by atoms with Gasteiger partial charge in [-0.25, -0.2) is 13.4 Å². The van der Waals surface area contributed by atoms with Crippen LogP contribution in [0.5, 0.6) is 0 Å². The molecule has 0 saturated heterocycles. The third-order valence-electron chi connectivity index (χ3n) is 5.82. The smallest absolute Gasteiger partial charge is 0.179 e. The Hall–Kier alpha value is -2.26. The van der Waals surface area contributed by atoms with Crippen molar-refractivity contribution in [2.24, 2.45) is 5.92 Å². The van der Waals surface area contributed by atoms with Gasteiger partial charge in [0.1, 0.15) is 5.82 Å². The van der Waals surface area contributed by atoms with E-state index < -0.39 is 9.84 Å². The molecule has 1 fully saturated rings. The Kier molecular flexibility index (Phi) is 4.47. The third kappa shape index (κ3) is 3.26. The van der Waals surface area contributed by atoms with Crippen LogP contribution in [-0.2, 0) is 9.84 Å². The Bertz CT molecular complexity index is 1330. The molecule has 3 heterocycles. The molecule has 1 saturated carbocycles. The Morgan fingerprint density at radius 2 is 2.10 bits per heavy atom. The number of H-pyrrole nitrogens is 1. The van der Waals surface area contributed by atoms with Crippen LogP contribution in [0.4, 0.5) is 0 Å². The molecule has 0 spiro atoms. The number of sulfone groups is 1. The number of aromatic nitrogens is 5. The summed E-state index contributed by atoms with van der Waals surface area (Å²) in [6.45, 7) is 1.90. The zero-order valence-corrected chi connectivity index (χ0v) is 18.2. The maximum absolute atomic E-state index is 12.9. The van der Waals surface area contributed by atoms with E-state index in [0.29, 0.717) is 10.5 Å². The van der Waals surface area contributed by atoms with Crippen molar-refractivity contribution in [3.8, 4) is 0 Å². The van der Waals surface area contributed by atoms with Gasteiger partial charge in [0.15, 0.2) is 21.1 Å². The summed E-state index contributed by atoms with van der Waals surface area (Å²) in [5.41, 5.74) is 3.38. The zero-order valence-electron chi connectivity index (χ0n) is 15.8. The van der Waals surface area contributed by atoms with Crippen LogP contribution in [0.3, 0.4) is 0 Å². The van der Waals surface area contributed by atoms with E-state index in [2.05, 4.69) is 36.1 Å². The van der Waals surface area contributed by atoms with E-state index in [1.54, 1.807) is 24.4 Å². The number of halogens is 1. The van der Waals surface area contributed by atoms with Gasteiger partial charge >= 0.3 is 0 Å². The highest BCUT2D eigenvalue weighted by molar-refractivity contribution is 9.10. The van der Waals surface area contributed by atoms with Crippen molar-refractivity contribution in [3.63, 3.8) is 0 Å². The van der Waals surface area contributed by atoms with Crippen LogP contribution in [0.1, 0.15) is 36.6 Å². The van der Waals surface area contributed by atoms with Crippen LogP contribution in [-0.4, -0.2) is 38.7 Å². The van der Waals surface area contributed by atoms with Gasteiger partial charge in [0, 0.05) is 16.6 Å². The molecule has 150 valence electrons.